The molecule has 6 nitrogen and oxygen atoms in total. The first-order valence-corrected chi connectivity index (χ1v) is 8.76. The van der Waals surface area contributed by atoms with Gasteiger partial charge in [0.15, 0.2) is 0 Å². The molecular formula is C13H24N4O2S. The summed E-state index contributed by atoms with van der Waals surface area (Å²) in [5, 5.41) is 7.35. The predicted octanol–water partition coefficient (Wildman–Crippen LogP) is 0.960. The Bertz CT molecular complexity index is 522. The summed E-state index contributed by atoms with van der Waals surface area (Å²) in [5.74, 6) is 0.500. The van der Waals surface area contributed by atoms with Crippen LogP contribution in [0, 0.1) is 5.92 Å². The minimum atomic E-state index is -3.43. The average molecular weight is 300 g/mol. The van der Waals surface area contributed by atoms with Gasteiger partial charge in [0.1, 0.15) is 4.90 Å². The molecular weight excluding hydrogens is 276 g/mol. The molecule has 1 heterocycles. The molecule has 0 bridgehead atoms. The number of hydrogen-bond donors (Lipinski definition) is 2. The molecule has 0 radical (unpaired) electrons. The lowest BCUT2D eigenvalue weighted by atomic mass is 10.2. The van der Waals surface area contributed by atoms with Crippen molar-refractivity contribution >= 4 is 10.0 Å². The van der Waals surface area contributed by atoms with Crippen molar-refractivity contribution in [3.05, 3.63) is 12.4 Å². The fourth-order valence-corrected chi connectivity index (χ4v) is 3.42. The van der Waals surface area contributed by atoms with Crippen LogP contribution in [0.4, 0.5) is 0 Å². The van der Waals surface area contributed by atoms with E-state index < -0.39 is 10.0 Å². The van der Waals surface area contributed by atoms with E-state index in [9.17, 15) is 8.42 Å². The van der Waals surface area contributed by atoms with E-state index in [1.807, 2.05) is 6.92 Å². The molecule has 1 aromatic rings. The summed E-state index contributed by atoms with van der Waals surface area (Å²) >= 11 is 0. The number of nitrogens with zero attached hydrogens (tertiary/aromatic N) is 2. The van der Waals surface area contributed by atoms with E-state index in [2.05, 4.69) is 22.1 Å². The molecule has 1 saturated carbocycles. The van der Waals surface area contributed by atoms with Crippen LogP contribution in [0.5, 0.6) is 0 Å². The normalized spacial score (nSPS) is 17.3. The van der Waals surface area contributed by atoms with E-state index >= 15 is 0 Å². The van der Waals surface area contributed by atoms with Crippen molar-refractivity contribution in [2.75, 3.05) is 13.1 Å². The van der Waals surface area contributed by atoms with Crippen molar-refractivity contribution in [2.45, 2.75) is 50.6 Å². The lowest BCUT2D eigenvalue weighted by Gasteiger charge is -2.11. The van der Waals surface area contributed by atoms with Gasteiger partial charge in [0.2, 0.25) is 10.0 Å². The van der Waals surface area contributed by atoms with Crippen LogP contribution in [-0.4, -0.2) is 37.3 Å². The first-order chi connectivity index (χ1) is 9.53. The molecule has 1 aliphatic carbocycles. The summed E-state index contributed by atoms with van der Waals surface area (Å²) in [6.45, 7) is 6.57. The summed E-state index contributed by atoms with van der Waals surface area (Å²) in [6.07, 6.45) is 6.20. The highest BCUT2D eigenvalue weighted by Gasteiger charge is 2.31. The molecule has 1 atom stereocenters. The molecule has 1 aromatic heterocycles. The maximum absolute atomic E-state index is 12.2. The third kappa shape index (κ3) is 4.29. The van der Waals surface area contributed by atoms with Crippen LogP contribution in [0.2, 0.25) is 0 Å². The minimum Gasteiger partial charge on any atom is -0.317 e. The summed E-state index contributed by atoms with van der Waals surface area (Å²) in [4.78, 5) is 0.258. The van der Waals surface area contributed by atoms with Gasteiger partial charge >= 0.3 is 0 Å². The Morgan fingerprint density at radius 2 is 2.25 bits per heavy atom. The second kappa shape index (κ2) is 6.69. The number of nitrogens with one attached hydrogen (secondary N) is 2. The third-order valence-corrected chi connectivity index (χ3v) is 5.09. The zero-order valence-corrected chi connectivity index (χ0v) is 13.0. The SMILES string of the molecule is CCNCCCn1cc(S(=O)(=O)NC(C)C2CC2)cn1. The van der Waals surface area contributed by atoms with Gasteiger partial charge in [-0.05, 0) is 45.2 Å². The van der Waals surface area contributed by atoms with Crippen LogP contribution in [0.15, 0.2) is 17.3 Å². The fraction of sp³-hybridized carbons (Fsp3) is 0.769. The van der Waals surface area contributed by atoms with Crippen molar-refractivity contribution in [3.63, 3.8) is 0 Å². The predicted molar refractivity (Wildman–Crippen MR) is 77.9 cm³/mol. The quantitative estimate of drug-likeness (QED) is 0.666. The standard InChI is InChI=1S/C13H24N4O2S/c1-3-14-7-4-8-17-10-13(9-15-17)20(18,19)16-11(2)12-5-6-12/h9-12,14,16H,3-8H2,1-2H3. The highest BCUT2D eigenvalue weighted by Crippen LogP contribution is 2.32. The first kappa shape index (κ1) is 15.5. The molecule has 20 heavy (non-hydrogen) atoms. The van der Waals surface area contributed by atoms with Crippen LogP contribution in [0.25, 0.3) is 0 Å². The molecule has 0 saturated heterocycles. The Labute approximate surface area is 121 Å². The Morgan fingerprint density at radius 3 is 2.90 bits per heavy atom. The number of aryl methyl sites for hydroxylation is 1. The Kier molecular flexibility index (Phi) is 5.17. The van der Waals surface area contributed by atoms with Crippen LogP contribution >= 0.6 is 0 Å². The Balaban J connectivity index is 1.89. The number of rotatable bonds is 9. The van der Waals surface area contributed by atoms with Gasteiger partial charge < -0.3 is 5.32 Å². The van der Waals surface area contributed by atoms with Gasteiger partial charge in [-0.3, -0.25) is 4.68 Å². The molecule has 0 aliphatic heterocycles. The molecule has 0 aromatic carbocycles. The first-order valence-electron chi connectivity index (χ1n) is 7.28. The van der Waals surface area contributed by atoms with Gasteiger partial charge in [0.05, 0.1) is 6.20 Å². The summed E-state index contributed by atoms with van der Waals surface area (Å²) < 4.78 is 28.8. The van der Waals surface area contributed by atoms with Gasteiger partial charge in [-0.25, -0.2) is 13.1 Å². The number of sulfonamides is 1. The smallest absolute Gasteiger partial charge is 0.243 e. The molecule has 2 rings (SSSR count). The van der Waals surface area contributed by atoms with Crippen molar-refractivity contribution in [1.82, 2.24) is 19.8 Å². The van der Waals surface area contributed by atoms with Crippen molar-refractivity contribution in [3.8, 4) is 0 Å². The maximum Gasteiger partial charge on any atom is 0.243 e. The lowest BCUT2D eigenvalue weighted by Crippen LogP contribution is -2.33. The maximum atomic E-state index is 12.2. The summed E-state index contributed by atoms with van der Waals surface area (Å²) in [6, 6.07) is 0.0112. The van der Waals surface area contributed by atoms with E-state index in [0.29, 0.717) is 5.92 Å². The van der Waals surface area contributed by atoms with Crippen LogP contribution in [-0.2, 0) is 16.6 Å². The molecule has 0 spiro atoms. The van der Waals surface area contributed by atoms with Crippen molar-refractivity contribution in [2.24, 2.45) is 5.92 Å². The molecule has 0 amide bonds. The zero-order chi connectivity index (χ0) is 14.6. The van der Waals surface area contributed by atoms with Gasteiger partial charge in [0, 0.05) is 18.8 Å². The molecule has 114 valence electrons. The second-order valence-electron chi connectivity index (χ2n) is 5.39. The van der Waals surface area contributed by atoms with E-state index in [0.717, 1.165) is 38.9 Å². The minimum absolute atomic E-state index is 0.0112. The van der Waals surface area contributed by atoms with E-state index in [4.69, 9.17) is 0 Å². The highest BCUT2D eigenvalue weighted by atomic mass is 32.2. The van der Waals surface area contributed by atoms with Crippen LogP contribution in [0.1, 0.15) is 33.1 Å². The number of aromatic nitrogens is 2. The van der Waals surface area contributed by atoms with Crippen LogP contribution < -0.4 is 10.0 Å². The van der Waals surface area contributed by atoms with Crippen molar-refractivity contribution < 1.29 is 8.42 Å². The van der Waals surface area contributed by atoms with E-state index in [1.54, 1.807) is 10.9 Å². The summed E-state index contributed by atoms with van der Waals surface area (Å²) in [5.41, 5.74) is 0. The fourth-order valence-electron chi connectivity index (χ4n) is 2.15. The van der Waals surface area contributed by atoms with Gasteiger partial charge in [-0.15, -0.1) is 0 Å². The highest BCUT2D eigenvalue weighted by molar-refractivity contribution is 7.89. The van der Waals surface area contributed by atoms with Gasteiger partial charge in [-0.2, -0.15) is 5.10 Å². The topological polar surface area (TPSA) is 76.0 Å². The van der Waals surface area contributed by atoms with E-state index in [1.165, 1.54) is 6.20 Å². The third-order valence-electron chi connectivity index (χ3n) is 3.58. The lowest BCUT2D eigenvalue weighted by molar-refractivity contribution is 0.536. The Morgan fingerprint density at radius 1 is 1.50 bits per heavy atom. The van der Waals surface area contributed by atoms with E-state index in [-0.39, 0.29) is 10.9 Å². The average Bonchev–Trinajstić information content (AvgIpc) is 3.13. The monoisotopic (exact) mass is 300 g/mol. The van der Waals surface area contributed by atoms with Crippen molar-refractivity contribution in [1.29, 1.82) is 0 Å². The van der Waals surface area contributed by atoms with Gasteiger partial charge in [0.25, 0.3) is 0 Å². The van der Waals surface area contributed by atoms with Crippen LogP contribution in [0.3, 0.4) is 0 Å². The Hall–Kier alpha value is -0.920. The zero-order valence-electron chi connectivity index (χ0n) is 12.2. The van der Waals surface area contributed by atoms with Gasteiger partial charge in [-0.1, -0.05) is 6.92 Å². The largest absolute Gasteiger partial charge is 0.317 e. The summed E-state index contributed by atoms with van der Waals surface area (Å²) in [7, 11) is -3.43. The molecule has 1 aliphatic rings. The second-order valence-corrected chi connectivity index (χ2v) is 7.11. The molecule has 1 unspecified atom stereocenters. The molecule has 2 N–H and O–H groups in total. The molecule has 1 fully saturated rings. The molecule has 7 heteroatoms. The number of hydrogen-bond acceptors (Lipinski definition) is 4.